The summed E-state index contributed by atoms with van der Waals surface area (Å²) in [5.41, 5.74) is 0. The van der Waals surface area contributed by atoms with E-state index in [0.717, 1.165) is 76.7 Å². The van der Waals surface area contributed by atoms with E-state index in [9.17, 15) is 9.59 Å². The number of rotatable bonds is 5. The quantitative estimate of drug-likeness (QED) is 0.609. The van der Waals surface area contributed by atoms with Crippen LogP contribution in [-0.2, 0) is 9.59 Å². The molecule has 180 valence electrons. The molecule has 5 aliphatic rings. The molecule has 0 aromatic carbocycles. The molecule has 32 heavy (non-hydrogen) atoms. The van der Waals surface area contributed by atoms with Crippen molar-refractivity contribution in [2.24, 2.45) is 35.5 Å². The van der Waals surface area contributed by atoms with Gasteiger partial charge in [-0.3, -0.25) is 9.59 Å². The van der Waals surface area contributed by atoms with E-state index in [1.807, 2.05) is 0 Å². The molecule has 0 bridgehead atoms. The van der Waals surface area contributed by atoms with Crippen LogP contribution in [0.15, 0.2) is 0 Å². The lowest BCUT2D eigenvalue weighted by Gasteiger charge is -2.42. The Labute approximate surface area is 194 Å². The molecule has 3 saturated heterocycles. The summed E-state index contributed by atoms with van der Waals surface area (Å²) >= 11 is 0. The molecule has 0 radical (unpaired) electrons. The zero-order valence-corrected chi connectivity index (χ0v) is 19.8. The summed E-state index contributed by atoms with van der Waals surface area (Å²) in [6.45, 7) is 6.34. The summed E-state index contributed by atoms with van der Waals surface area (Å²) in [6, 6.07) is 0.490. The highest BCUT2D eigenvalue weighted by Gasteiger charge is 2.42. The summed E-state index contributed by atoms with van der Waals surface area (Å²) in [6.07, 6.45) is 12.4. The van der Waals surface area contributed by atoms with Crippen LogP contribution in [0.4, 0.5) is 0 Å². The van der Waals surface area contributed by atoms with Crippen LogP contribution in [0, 0.1) is 35.5 Å². The van der Waals surface area contributed by atoms with Crippen molar-refractivity contribution >= 4 is 11.8 Å². The zero-order valence-electron chi connectivity index (χ0n) is 19.8. The van der Waals surface area contributed by atoms with Gasteiger partial charge in [0.2, 0.25) is 11.8 Å². The molecule has 4 unspecified atom stereocenters. The Bertz CT molecular complexity index is 656. The number of carbonyl (C=O) groups is 2. The lowest BCUT2D eigenvalue weighted by atomic mass is 9.73. The SMILES string of the molecule is O=C(NCC1CCNCC1)C1CCC(C2CC(=O)N(C3CCC4CNCCC4C3)C2)CC1. The van der Waals surface area contributed by atoms with Crippen LogP contribution in [0.5, 0.6) is 0 Å². The second kappa shape index (κ2) is 10.4. The highest BCUT2D eigenvalue weighted by molar-refractivity contribution is 5.79. The Morgan fingerprint density at radius 1 is 0.844 bits per heavy atom. The molecule has 4 atom stereocenters. The summed E-state index contributed by atoms with van der Waals surface area (Å²) < 4.78 is 0. The number of hydrogen-bond donors (Lipinski definition) is 3. The van der Waals surface area contributed by atoms with E-state index in [-0.39, 0.29) is 11.8 Å². The average molecular weight is 445 g/mol. The highest BCUT2D eigenvalue weighted by Crippen LogP contribution is 2.42. The van der Waals surface area contributed by atoms with Gasteiger partial charge in [-0.1, -0.05) is 0 Å². The highest BCUT2D eigenvalue weighted by atomic mass is 16.2. The minimum atomic E-state index is 0.191. The number of nitrogens with zero attached hydrogens (tertiary/aromatic N) is 1. The van der Waals surface area contributed by atoms with Gasteiger partial charge in [0.1, 0.15) is 0 Å². The van der Waals surface area contributed by atoms with Gasteiger partial charge in [-0.2, -0.15) is 0 Å². The van der Waals surface area contributed by atoms with Crippen LogP contribution < -0.4 is 16.0 Å². The number of piperidine rings is 2. The van der Waals surface area contributed by atoms with Gasteiger partial charge in [-0.25, -0.2) is 0 Å². The molecule has 3 aliphatic heterocycles. The molecule has 3 heterocycles. The molecule has 2 saturated carbocycles. The number of fused-ring (bicyclic) bond motifs is 1. The Morgan fingerprint density at radius 3 is 2.41 bits per heavy atom. The van der Waals surface area contributed by atoms with Crippen molar-refractivity contribution in [1.82, 2.24) is 20.9 Å². The average Bonchev–Trinajstić information content (AvgIpc) is 3.24. The van der Waals surface area contributed by atoms with E-state index in [4.69, 9.17) is 0 Å². The minimum Gasteiger partial charge on any atom is -0.356 e. The van der Waals surface area contributed by atoms with Gasteiger partial charge in [0.25, 0.3) is 0 Å². The smallest absolute Gasteiger partial charge is 0.223 e. The second-order valence-corrected chi connectivity index (χ2v) is 11.5. The first-order valence-electron chi connectivity index (χ1n) is 13.7. The van der Waals surface area contributed by atoms with E-state index < -0.39 is 0 Å². The number of likely N-dealkylation sites (tertiary alicyclic amines) is 1. The Morgan fingerprint density at radius 2 is 1.59 bits per heavy atom. The van der Waals surface area contributed by atoms with Gasteiger partial charge in [0.15, 0.2) is 0 Å². The summed E-state index contributed by atoms with van der Waals surface area (Å²) in [5.74, 6) is 4.34. The van der Waals surface area contributed by atoms with Crippen molar-refractivity contribution in [1.29, 1.82) is 0 Å². The van der Waals surface area contributed by atoms with Gasteiger partial charge < -0.3 is 20.9 Å². The van der Waals surface area contributed by atoms with Crippen molar-refractivity contribution in [3.05, 3.63) is 0 Å². The van der Waals surface area contributed by atoms with Crippen molar-refractivity contribution in [2.45, 2.75) is 76.7 Å². The topological polar surface area (TPSA) is 73.5 Å². The number of carbonyl (C=O) groups excluding carboxylic acids is 2. The predicted octanol–water partition coefficient (Wildman–Crippen LogP) is 2.54. The van der Waals surface area contributed by atoms with Crippen LogP contribution in [-0.4, -0.2) is 62.0 Å². The van der Waals surface area contributed by atoms with Crippen LogP contribution in [0.2, 0.25) is 0 Å². The second-order valence-electron chi connectivity index (χ2n) is 11.5. The molecular formula is C26H44N4O2. The maximum absolute atomic E-state index is 12.9. The van der Waals surface area contributed by atoms with Gasteiger partial charge in [-0.15, -0.1) is 0 Å². The first kappa shape index (κ1) is 22.6. The Balaban J connectivity index is 1.06. The van der Waals surface area contributed by atoms with Crippen molar-refractivity contribution in [3.8, 4) is 0 Å². The van der Waals surface area contributed by atoms with E-state index >= 15 is 0 Å². The lowest BCUT2D eigenvalue weighted by Crippen LogP contribution is -2.47. The van der Waals surface area contributed by atoms with Crippen LogP contribution in [0.25, 0.3) is 0 Å². The van der Waals surface area contributed by atoms with E-state index in [0.29, 0.717) is 29.7 Å². The third kappa shape index (κ3) is 5.16. The normalized spacial score (nSPS) is 39.0. The molecule has 2 aliphatic carbocycles. The van der Waals surface area contributed by atoms with Crippen LogP contribution in [0.3, 0.4) is 0 Å². The van der Waals surface area contributed by atoms with E-state index in [2.05, 4.69) is 20.9 Å². The number of hydrogen-bond acceptors (Lipinski definition) is 4. The maximum atomic E-state index is 12.9. The third-order valence-corrected chi connectivity index (χ3v) is 9.67. The fraction of sp³-hybridized carbons (Fsp3) is 0.923. The van der Waals surface area contributed by atoms with Crippen molar-refractivity contribution in [3.63, 3.8) is 0 Å². The largest absolute Gasteiger partial charge is 0.356 e. The molecule has 5 fully saturated rings. The van der Waals surface area contributed by atoms with Gasteiger partial charge in [0, 0.05) is 31.5 Å². The number of nitrogens with one attached hydrogen (secondary N) is 3. The van der Waals surface area contributed by atoms with Gasteiger partial charge in [-0.05, 0) is 120 Å². The summed E-state index contributed by atoms with van der Waals surface area (Å²) in [4.78, 5) is 27.9. The minimum absolute atomic E-state index is 0.191. The maximum Gasteiger partial charge on any atom is 0.223 e. The van der Waals surface area contributed by atoms with E-state index in [1.54, 1.807) is 0 Å². The molecule has 5 rings (SSSR count). The monoisotopic (exact) mass is 444 g/mol. The summed E-state index contributed by atoms with van der Waals surface area (Å²) in [7, 11) is 0. The molecule has 3 N–H and O–H groups in total. The zero-order chi connectivity index (χ0) is 21.9. The molecule has 2 amide bonds. The first-order valence-corrected chi connectivity index (χ1v) is 13.7. The molecular weight excluding hydrogens is 400 g/mol. The van der Waals surface area contributed by atoms with E-state index in [1.165, 1.54) is 45.1 Å². The van der Waals surface area contributed by atoms with Gasteiger partial charge >= 0.3 is 0 Å². The fourth-order valence-electron chi connectivity index (χ4n) is 7.54. The summed E-state index contributed by atoms with van der Waals surface area (Å²) in [5, 5.41) is 10.2. The molecule has 0 spiro atoms. The lowest BCUT2D eigenvalue weighted by molar-refractivity contribution is -0.131. The molecule has 6 heteroatoms. The third-order valence-electron chi connectivity index (χ3n) is 9.67. The Kier molecular flexibility index (Phi) is 7.37. The first-order chi connectivity index (χ1) is 15.7. The van der Waals surface area contributed by atoms with Crippen molar-refractivity contribution < 1.29 is 9.59 Å². The Hall–Kier alpha value is -1.14. The standard InChI is InChI=1S/C26H44N4O2/c31-25-14-23(17-30(25)24-6-5-22-16-28-12-9-21(22)13-24)19-1-3-20(4-2-19)26(32)29-15-18-7-10-27-11-8-18/h18-24,27-28H,1-17H2,(H,29,32). The molecule has 0 aromatic rings. The van der Waals surface area contributed by atoms with Crippen LogP contribution >= 0.6 is 0 Å². The molecule has 6 nitrogen and oxygen atoms in total. The van der Waals surface area contributed by atoms with Crippen molar-refractivity contribution in [2.75, 3.05) is 39.3 Å². The fourth-order valence-corrected chi connectivity index (χ4v) is 7.54. The molecule has 0 aromatic heterocycles. The van der Waals surface area contributed by atoms with Crippen LogP contribution in [0.1, 0.15) is 70.6 Å². The number of amides is 2. The van der Waals surface area contributed by atoms with Gasteiger partial charge in [0.05, 0.1) is 0 Å². The predicted molar refractivity (Wildman–Crippen MR) is 126 cm³/mol.